The van der Waals surface area contributed by atoms with Gasteiger partial charge in [-0.05, 0) is 54.8 Å². The first kappa shape index (κ1) is 20.6. The van der Waals surface area contributed by atoms with Crippen LogP contribution in [0.1, 0.15) is 43.1 Å². The number of hydrogen-bond donors (Lipinski definition) is 1. The third-order valence-electron chi connectivity index (χ3n) is 5.42. The molecule has 150 valence electrons. The van der Waals surface area contributed by atoms with E-state index in [-0.39, 0.29) is 11.3 Å². The van der Waals surface area contributed by atoms with Crippen molar-refractivity contribution in [2.75, 3.05) is 33.7 Å². The zero-order valence-corrected chi connectivity index (χ0v) is 17.7. The zero-order valence-electron chi connectivity index (χ0n) is 17.7. The minimum absolute atomic E-state index is 0.00956. The predicted molar refractivity (Wildman–Crippen MR) is 115 cm³/mol. The average Bonchev–Trinajstić information content (AvgIpc) is 3.01. The van der Waals surface area contributed by atoms with Crippen LogP contribution in [0.4, 0.5) is 0 Å². The fourth-order valence-electron chi connectivity index (χ4n) is 3.90. The first-order valence-electron chi connectivity index (χ1n) is 9.95. The van der Waals surface area contributed by atoms with E-state index in [1.54, 1.807) is 4.90 Å². The highest BCUT2D eigenvalue weighted by Gasteiger charge is 2.38. The van der Waals surface area contributed by atoms with Gasteiger partial charge in [-0.25, -0.2) is 0 Å². The Hall–Kier alpha value is -2.17. The number of aliphatic hydroxyl groups is 1. The number of hydrogen-bond acceptors (Lipinski definition) is 3. The van der Waals surface area contributed by atoms with Gasteiger partial charge in [0.25, 0.3) is 5.91 Å². The highest BCUT2D eigenvalue weighted by molar-refractivity contribution is 5.95. The fraction of sp³-hybridized carbons (Fsp3) is 0.458. The molecular weight excluding hydrogens is 348 g/mol. The molecule has 0 spiro atoms. The number of likely N-dealkylation sites (N-methyl/N-ethyl adjacent to an activating group) is 1. The summed E-state index contributed by atoms with van der Waals surface area (Å²) in [6.07, 6.45) is 0.620. The molecule has 28 heavy (non-hydrogen) atoms. The molecule has 1 saturated heterocycles. The van der Waals surface area contributed by atoms with Gasteiger partial charge in [-0.3, -0.25) is 4.79 Å². The largest absolute Gasteiger partial charge is 0.387 e. The van der Waals surface area contributed by atoms with E-state index in [1.165, 1.54) is 5.56 Å². The summed E-state index contributed by atoms with van der Waals surface area (Å²) in [5, 5.41) is 10.7. The molecule has 0 unspecified atom stereocenters. The molecule has 1 fully saturated rings. The number of amides is 1. The molecule has 3 rings (SSSR count). The molecule has 1 amide bonds. The maximum Gasteiger partial charge on any atom is 0.253 e. The van der Waals surface area contributed by atoms with Gasteiger partial charge in [0, 0.05) is 18.7 Å². The fourth-order valence-corrected chi connectivity index (χ4v) is 3.90. The summed E-state index contributed by atoms with van der Waals surface area (Å²) in [5.74, 6) is -0.00956. The van der Waals surface area contributed by atoms with E-state index in [4.69, 9.17) is 0 Å². The second-order valence-electron chi connectivity index (χ2n) is 9.35. The van der Waals surface area contributed by atoms with Crippen molar-refractivity contribution in [3.63, 3.8) is 0 Å². The summed E-state index contributed by atoms with van der Waals surface area (Å²) in [7, 11) is 3.88. The topological polar surface area (TPSA) is 43.8 Å². The Morgan fingerprint density at radius 1 is 1.11 bits per heavy atom. The summed E-state index contributed by atoms with van der Waals surface area (Å²) < 4.78 is 0. The van der Waals surface area contributed by atoms with Gasteiger partial charge in [-0.15, -0.1) is 0 Å². The van der Waals surface area contributed by atoms with Gasteiger partial charge in [-0.1, -0.05) is 57.2 Å². The van der Waals surface area contributed by atoms with Crippen LogP contribution in [-0.4, -0.2) is 60.1 Å². The average molecular weight is 381 g/mol. The molecule has 0 aromatic heterocycles. The molecule has 0 bridgehead atoms. The third kappa shape index (κ3) is 4.62. The summed E-state index contributed by atoms with van der Waals surface area (Å²) in [6, 6.07) is 16.4. The molecule has 2 aromatic rings. The predicted octanol–water partition coefficient (Wildman–Crippen LogP) is 3.79. The molecule has 0 radical (unpaired) electrons. The van der Waals surface area contributed by atoms with Crippen LogP contribution in [0.25, 0.3) is 11.1 Å². The van der Waals surface area contributed by atoms with Gasteiger partial charge >= 0.3 is 0 Å². The van der Waals surface area contributed by atoms with Crippen molar-refractivity contribution in [2.24, 2.45) is 0 Å². The lowest BCUT2D eigenvalue weighted by atomic mass is 9.85. The van der Waals surface area contributed by atoms with Crippen LogP contribution in [-0.2, 0) is 5.41 Å². The molecular formula is C24H32N2O2. The Morgan fingerprint density at radius 2 is 1.79 bits per heavy atom. The van der Waals surface area contributed by atoms with Crippen LogP contribution in [0.3, 0.4) is 0 Å². The van der Waals surface area contributed by atoms with E-state index in [0.717, 1.165) is 11.1 Å². The third-order valence-corrected chi connectivity index (χ3v) is 5.42. The number of β-amino-alcohol motifs (C(OH)–C–C–N with tert-alkyl or cyclic N) is 1. The number of likely N-dealkylation sites (tertiary alicyclic amines) is 1. The Balaban J connectivity index is 1.74. The van der Waals surface area contributed by atoms with Crippen LogP contribution in [0.5, 0.6) is 0 Å². The van der Waals surface area contributed by atoms with Crippen molar-refractivity contribution in [1.29, 1.82) is 0 Å². The van der Waals surface area contributed by atoms with Crippen LogP contribution < -0.4 is 0 Å². The summed E-state index contributed by atoms with van der Waals surface area (Å²) in [5.41, 5.74) is 3.52. The first-order chi connectivity index (χ1) is 13.1. The number of carbonyl (C=O) groups excluding carboxylic acids is 1. The van der Waals surface area contributed by atoms with Crippen LogP contribution in [0.15, 0.2) is 48.5 Å². The van der Waals surface area contributed by atoms with Gasteiger partial charge in [0.2, 0.25) is 0 Å². The highest BCUT2D eigenvalue weighted by Crippen LogP contribution is 2.28. The Kier molecular flexibility index (Phi) is 5.64. The quantitative estimate of drug-likeness (QED) is 0.878. The second kappa shape index (κ2) is 7.69. The maximum atomic E-state index is 12.9. The van der Waals surface area contributed by atoms with Crippen molar-refractivity contribution in [1.82, 2.24) is 9.80 Å². The zero-order chi connectivity index (χ0) is 20.5. The van der Waals surface area contributed by atoms with Gasteiger partial charge < -0.3 is 14.9 Å². The SMILES string of the molecule is CN(C)C[C@]1(O)CCN(C(=O)c2ccc(-c3cccc(C(C)(C)C)c3)cc2)C1. The van der Waals surface area contributed by atoms with Gasteiger partial charge in [-0.2, -0.15) is 0 Å². The molecule has 1 N–H and O–H groups in total. The van der Waals surface area contributed by atoms with Crippen molar-refractivity contribution in [3.8, 4) is 11.1 Å². The second-order valence-corrected chi connectivity index (χ2v) is 9.35. The lowest BCUT2D eigenvalue weighted by Crippen LogP contribution is -2.43. The molecule has 0 saturated carbocycles. The van der Waals surface area contributed by atoms with Gasteiger partial charge in [0.05, 0.1) is 12.1 Å². The molecule has 1 aliphatic rings. The van der Waals surface area contributed by atoms with Gasteiger partial charge in [0.1, 0.15) is 0 Å². The molecule has 1 aliphatic heterocycles. The number of nitrogens with zero attached hydrogens (tertiary/aromatic N) is 2. The van der Waals surface area contributed by atoms with E-state index in [1.807, 2.05) is 43.3 Å². The minimum Gasteiger partial charge on any atom is -0.387 e. The Bertz CT molecular complexity index is 836. The van der Waals surface area contributed by atoms with Crippen LogP contribution >= 0.6 is 0 Å². The van der Waals surface area contributed by atoms with E-state index >= 15 is 0 Å². The molecule has 1 heterocycles. The normalized spacial score (nSPS) is 20.0. The summed E-state index contributed by atoms with van der Waals surface area (Å²) in [6.45, 7) is 8.18. The molecule has 4 heteroatoms. The maximum absolute atomic E-state index is 12.9. The highest BCUT2D eigenvalue weighted by atomic mass is 16.3. The summed E-state index contributed by atoms with van der Waals surface area (Å²) >= 11 is 0. The molecule has 0 aliphatic carbocycles. The minimum atomic E-state index is -0.813. The lowest BCUT2D eigenvalue weighted by molar-refractivity contribution is 0.0236. The number of rotatable bonds is 4. The van der Waals surface area contributed by atoms with Crippen molar-refractivity contribution < 1.29 is 9.90 Å². The smallest absolute Gasteiger partial charge is 0.253 e. The number of carbonyl (C=O) groups is 1. The van der Waals surface area contributed by atoms with E-state index < -0.39 is 5.60 Å². The van der Waals surface area contributed by atoms with Crippen molar-refractivity contribution >= 4 is 5.91 Å². The lowest BCUT2D eigenvalue weighted by Gasteiger charge is -2.26. The monoisotopic (exact) mass is 380 g/mol. The number of benzene rings is 2. The van der Waals surface area contributed by atoms with Crippen molar-refractivity contribution in [2.45, 2.75) is 38.2 Å². The Morgan fingerprint density at radius 3 is 2.39 bits per heavy atom. The Labute approximate surface area is 168 Å². The standard InChI is InChI=1S/C24H32N2O2/c1-23(2,3)21-8-6-7-20(15-21)18-9-11-19(12-10-18)22(27)26-14-13-24(28,17-26)16-25(4)5/h6-12,15,28H,13-14,16-17H2,1-5H3/t24-/m1/s1. The van der Waals surface area contributed by atoms with E-state index in [9.17, 15) is 9.90 Å². The van der Waals surface area contributed by atoms with Crippen molar-refractivity contribution in [3.05, 3.63) is 59.7 Å². The molecule has 1 atom stereocenters. The van der Waals surface area contributed by atoms with Crippen LogP contribution in [0.2, 0.25) is 0 Å². The summed E-state index contributed by atoms with van der Waals surface area (Å²) in [4.78, 5) is 16.6. The first-order valence-corrected chi connectivity index (χ1v) is 9.95. The van der Waals surface area contributed by atoms with Gasteiger partial charge in [0.15, 0.2) is 0 Å². The van der Waals surface area contributed by atoms with E-state index in [0.29, 0.717) is 31.6 Å². The molecule has 2 aromatic carbocycles. The van der Waals surface area contributed by atoms with Crippen LogP contribution in [0, 0.1) is 0 Å². The molecule has 4 nitrogen and oxygen atoms in total. The van der Waals surface area contributed by atoms with E-state index in [2.05, 4.69) is 45.0 Å².